The van der Waals surface area contributed by atoms with Crippen LogP contribution in [0.15, 0.2) is 11.1 Å². The molecule has 0 radical (unpaired) electrons. The Labute approximate surface area is 176 Å². The van der Waals surface area contributed by atoms with Gasteiger partial charge in [-0.2, -0.15) is 4.98 Å². The molecule has 30 heavy (non-hydrogen) atoms. The van der Waals surface area contributed by atoms with Crippen LogP contribution in [0, 0.1) is 5.92 Å². The Morgan fingerprint density at radius 2 is 2.03 bits per heavy atom. The molecule has 0 spiro atoms. The molecule has 0 bridgehead atoms. The third kappa shape index (κ3) is 3.21. The second kappa shape index (κ2) is 6.99. The Hall–Kier alpha value is -2.04. The minimum Gasteiger partial charge on any atom is -0.409 e. The lowest BCUT2D eigenvalue weighted by atomic mass is 9.99. The van der Waals surface area contributed by atoms with E-state index in [2.05, 4.69) is 63.0 Å². The first-order chi connectivity index (χ1) is 13.9. The van der Waals surface area contributed by atoms with Gasteiger partial charge in [0.05, 0.1) is 18.5 Å². The van der Waals surface area contributed by atoms with E-state index in [4.69, 9.17) is 9.16 Å². The maximum atomic E-state index is 12.8. The predicted molar refractivity (Wildman–Crippen MR) is 116 cm³/mol. The lowest BCUT2D eigenvalue weighted by Crippen LogP contribution is -2.46. The summed E-state index contributed by atoms with van der Waals surface area (Å²) in [7, 11) is -2.07. The van der Waals surface area contributed by atoms with Crippen molar-refractivity contribution < 1.29 is 14.0 Å². The van der Waals surface area contributed by atoms with Gasteiger partial charge in [-0.1, -0.05) is 34.6 Å². The third-order valence-corrected chi connectivity index (χ3v) is 11.3. The number of ether oxygens (including phenoxy) is 1. The summed E-state index contributed by atoms with van der Waals surface area (Å²) < 4.78 is 16.3. The molecule has 164 valence electrons. The highest BCUT2D eigenvalue weighted by Gasteiger charge is 2.49. The molecule has 4 rings (SSSR count). The van der Waals surface area contributed by atoms with Crippen molar-refractivity contribution in [3.63, 3.8) is 0 Å². The zero-order chi connectivity index (χ0) is 22.0. The fourth-order valence-electron chi connectivity index (χ4n) is 3.96. The monoisotopic (exact) mass is 433 g/mol. The van der Waals surface area contributed by atoms with Crippen LogP contribution in [-0.4, -0.2) is 45.5 Å². The van der Waals surface area contributed by atoms with Crippen LogP contribution in [0.4, 0.5) is 5.95 Å². The van der Waals surface area contributed by atoms with Crippen LogP contribution in [0.25, 0.3) is 11.2 Å². The molecule has 2 aromatic heterocycles. The Bertz CT molecular complexity index is 1050. The van der Waals surface area contributed by atoms with Crippen LogP contribution in [0.5, 0.6) is 0 Å². The Morgan fingerprint density at radius 3 is 2.67 bits per heavy atom. The zero-order valence-corrected chi connectivity index (χ0v) is 19.7. The molecule has 4 atom stereocenters. The minimum atomic E-state index is -2.07. The van der Waals surface area contributed by atoms with Crippen molar-refractivity contribution in [3.05, 3.63) is 16.7 Å². The highest BCUT2D eigenvalue weighted by molar-refractivity contribution is 6.74. The largest absolute Gasteiger partial charge is 0.409 e. The maximum Gasteiger partial charge on any atom is 0.283 e. The summed E-state index contributed by atoms with van der Waals surface area (Å²) in [5.41, 5.74) is 0.316. The van der Waals surface area contributed by atoms with E-state index in [0.29, 0.717) is 5.65 Å². The number of anilines is 1. The molecule has 1 saturated heterocycles. The molecule has 9 nitrogen and oxygen atoms in total. The van der Waals surface area contributed by atoms with E-state index in [1.54, 1.807) is 10.9 Å². The van der Waals surface area contributed by atoms with E-state index in [0.717, 1.165) is 6.42 Å². The Morgan fingerprint density at radius 1 is 1.33 bits per heavy atom. The van der Waals surface area contributed by atoms with Crippen molar-refractivity contribution in [2.45, 2.75) is 84.2 Å². The Balaban J connectivity index is 1.79. The summed E-state index contributed by atoms with van der Waals surface area (Å²) >= 11 is 0. The normalized spacial score (nSPS) is 27.0. The number of fused-ring (bicyclic) bond motifs is 2. The first-order valence-corrected chi connectivity index (χ1v) is 13.5. The van der Waals surface area contributed by atoms with Crippen molar-refractivity contribution >= 4 is 31.3 Å². The summed E-state index contributed by atoms with van der Waals surface area (Å²) in [5.74, 6) is 0.177. The average Bonchev–Trinajstić information content (AvgIpc) is 3.31. The summed E-state index contributed by atoms with van der Waals surface area (Å²) in [5, 5.41) is 2.70. The van der Waals surface area contributed by atoms with Crippen LogP contribution in [-0.2, 0) is 20.5 Å². The average molecular weight is 434 g/mol. The van der Waals surface area contributed by atoms with Crippen LogP contribution in [0.2, 0.25) is 18.1 Å². The Kier molecular flexibility index (Phi) is 4.94. The number of imidazole rings is 1. The smallest absolute Gasteiger partial charge is 0.283 e. The molecule has 1 unspecified atom stereocenters. The van der Waals surface area contributed by atoms with Gasteiger partial charge in [0.25, 0.3) is 5.56 Å². The highest BCUT2D eigenvalue weighted by atomic mass is 28.4. The van der Waals surface area contributed by atoms with E-state index in [9.17, 15) is 9.59 Å². The van der Waals surface area contributed by atoms with Gasteiger partial charge in [-0.25, -0.2) is 4.98 Å². The van der Waals surface area contributed by atoms with Gasteiger partial charge in [0.15, 0.2) is 25.7 Å². The number of hydrogen-bond acceptors (Lipinski definition) is 6. The van der Waals surface area contributed by atoms with Gasteiger partial charge >= 0.3 is 0 Å². The predicted octanol–water partition coefficient (Wildman–Crippen LogP) is 2.88. The van der Waals surface area contributed by atoms with Crippen LogP contribution >= 0.6 is 0 Å². The van der Waals surface area contributed by atoms with Gasteiger partial charge in [-0.3, -0.25) is 24.0 Å². The molecule has 2 aromatic rings. The standard InChI is InChI=1S/C20H31N5O4Si/c1-8-12-11(2)15(29-30(6,7)20(3,4)5)18(28-12)25-10-21-14-16(25)23-19-22-13(26)9-24(19)17(14)27/h10-12,15,18H,8-9H2,1-7H3,(H,22,23,26)/t11-,12-,15?,18-/m1/s1. The molecule has 1 fully saturated rings. The van der Waals surface area contributed by atoms with Crippen LogP contribution < -0.4 is 10.9 Å². The number of carbonyl (C=O) groups is 1. The van der Waals surface area contributed by atoms with Crippen LogP contribution in [0.1, 0.15) is 47.3 Å². The summed E-state index contributed by atoms with van der Waals surface area (Å²) in [6.45, 7) is 15.3. The molecule has 2 aliphatic heterocycles. The van der Waals surface area contributed by atoms with E-state index in [1.165, 1.54) is 4.57 Å². The van der Waals surface area contributed by atoms with Gasteiger partial charge in [-0.05, 0) is 24.6 Å². The highest BCUT2D eigenvalue weighted by Crippen LogP contribution is 2.44. The summed E-state index contributed by atoms with van der Waals surface area (Å²) in [4.78, 5) is 33.4. The number of carbonyl (C=O) groups excluding carboxylic acids is 1. The quantitative estimate of drug-likeness (QED) is 0.744. The first-order valence-electron chi connectivity index (χ1n) is 10.5. The lowest BCUT2D eigenvalue weighted by molar-refractivity contribution is -0.115. The molecule has 0 saturated carbocycles. The van der Waals surface area contributed by atoms with Crippen LogP contribution in [0.3, 0.4) is 0 Å². The van der Waals surface area contributed by atoms with Crippen molar-refractivity contribution in [2.24, 2.45) is 5.92 Å². The molecule has 10 heteroatoms. The molecule has 2 aliphatic rings. The SMILES string of the molecule is CC[C@H]1O[C@@H](n2cnc3c(=O)n4c(nc32)NC(=O)C4)C(O[Si](C)(C)C(C)(C)C)[C@@H]1C. The number of amides is 1. The van der Waals surface area contributed by atoms with E-state index >= 15 is 0 Å². The van der Waals surface area contributed by atoms with Gasteiger partial charge in [0.1, 0.15) is 6.54 Å². The third-order valence-electron chi connectivity index (χ3n) is 6.85. The molecular weight excluding hydrogens is 402 g/mol. The van der Waals surface area contributed by atoms with Gasteiger partial charge in [0.2, 0.25) is 11.9 Å². The van der Waals surface area contributed by atoms with Gasteiger partial charge < -0.3 is 9.16 Å². The number of aromatic nitrogens is 4. The molecule has 4 heterocycles. The number of nitrogens with one attached hydrogen (secondary N) is 1. The lowest BCUT2D eigenvalue weighted by Gasteiger charge is -2.40. The molecule has 0 aliphatic carbocycles. The first kappa shape index (κ1) is 21.2. The molecular formula is C20H31N5O4Si. The fraction of sp³-hybridized carbons (Fsp3) is 0.700. The van der Waals surface area contributed by atoms with E-state index in [1.807, 2.05) is 0 Å². The van der Waals surface area contributed by atoms with Crippen molar-refractivity contribution in [1.29, 1.82) is 0 Å². The molecule has 1 amide bonds. The maximum absolute atomic E-state index is 12.8. The van der Waals surface area contributed by atoms with E-state index < -0.39 is 14.5 Å². The van der Waals surface area contributed by atoms with Crippen molar-refractivity contribution in [3.8, 4) is 0 Å². The van der Waals surface area contributed by atoms with Gasteiger partial charge in [0, 0.05) is 5.92 Å². The van der Waals surface area contributed by atoms with E-state index in [-0.39, 0.29) is 52.6 Å². The number of hydrogen-bond donors (Lipinski definition) is 1. The molecule has 0 aromatic carbocycles. The minimum absolute atomic E-state index is 0.0318. The summed E-state index contributed by atoms with van der Waals surface area (Å²) in [6, 6.07) is 0. The second-order valence-electron chi connectivity index (χ2n) is 9.87. The van der Waals surface area contributed by atoms with Crippen molar-refractivity contribution in [1.82, 2.24) is 19.1 Å². The topological polar surface area (TPSA) is 100 Å². The zero-order valence-electron chi connectivity index (χ0n) is 18.7. The number of nitrogens with zero attached hydrogens (tertiary/aromatic N) is 4. The second-order valence-corrected chi connectivity index (χ2v) is 14.6. The number of rotatable bonds is 4. The van der Waals surface area contributed by atoms with Crippen molar-refractivity contribution in [2.75, 3.05) is 5.32 Å². The molecule has 1 N–H and O–H groups in total. The van der Waals surface area contributed by atoms with Gasteiger partial charge in [-0.15, -0.1) is 0 Å². The summed E-state index contributed by atoms with van der Waals surface area (Å²) in [6.07, 6.45) is 1.89. The fourth-order valence-corrected chi connectivity index (χ4v) is 5.33.